The van der Waals surface area contributed by atoms with Crippen LogP contribution in [-0.2, 0) is 9.59 Å². The van der Waals surface area contributed by atoms with Gasteiger partial charge in [0.15, 0.2) is 0 Å². The predicted molar refractivity (Wildman–Crippen MR) is 89.7 cm³/mol. The van der Waals surface area contributed by atoms with Crippen molar-refractivity contribution in [3.8, 4) is 0 Å². The number of rotatable bonds is 4. The average molecular weight is 328 g/mol. The smallest absolute Gasteiger partial charge is 0.246 e. The van der Waals surface area contributed by atoms with Crippen LogP contribution in [0.25, 0.3) is 0 Å². The summed E-state index contributed by atoms with van der Waals surface area (Å²) >= 11 is 0. The van der Waals surface area contributed by atoms with Crippen LogP contribution in [-0.4, -0.2) is 29.6 Å². The molecule has 7 nitrogen and oxygen atoms in total. The second-order valence-corrected chi connectivity index (χ2v) is 6.11. The fourth-order valence-corrected chi connectivity index (χ4v) is 3.14. The van der Waals surface area contributed by atoms with Crippen molar-refractivity contribution in [2.75, 3.05) is 16.8 Å². The number of aromatic nitrogens is 1. The summed E-state index contributed by atoms with van der Waals surface area (Å²) in [7, 11) is 0. The van der Waals surface area contributed by atoms with E-state index in [0.29, 0.717) is 18.0 Å². The molecule has 1 aliphatic rings. The number of aryl methyl sites for hydroxylation is 1. The summed E-state index contributed by atoms with van der Waals surface area (Å²) in [6, 6.07) is 9.24. The molecular weight excluding hydrogens is 308 g/mol. The van der Waals surface area contributed by atoms with Crippen LogP contribution >= 0.6 is 0 Å². The van der Waals surface area contributed by atoms with Crippen LogP contribution in [0, 0.1) is 6.92 Å². The minimum Gasteiger partial charge on any atom is -0.369 e. The van der Waals surface area contributed by atoms with Gasteiger partial charge in [0.25, 0.3) is 0 Å². The number of carbonyl (C=O) groups excluding carboxylic acids is 2. The van der Waals surface area contributed by atoms with E-state index in [1.54, 1.807) is 13.0 Å². The number of amides is 2. The van der Waals surface area contributed by atoms with Gasteiger partial charge in [0.2, 0.25) is 17.7 Å². The molecule has 2 atom stereocenters. The molecule has 0 spiro atoms. The van der Waals surface area contributed by atoms with E-state index in [-0.39, 0.29) is 30.3 Å². The molecule has 0 saturated carbocycles. The van der Waals surface area contributed by atoms with E-state index in [1.165, 1.54) is 0 Å². The lowest BCUT2D eigenvalue weighted by atomic mass is 9.85. The zero-order valence-electron chi connectivity index (χ0n) is 13.7. The summed E-state index contributed by atoms with van der Waals surface area (Å²) in [5.41, 5.74) is 7.97. The van der Waals surface area contributed by atoms with E-state index in [0.717, 1.165) is 11.3 Å². The number of nitrogens with two attached hydrogens (primary N) is 1. The highest BCUT2D eigenvalue weighted by molar-refractivity contribution is 5.94. The first-order valence-corrected chi connectivity index (χ1v) is 7.83. The first kappa shape index (κ1) is 16.0. The van der Waals surface area contributed by atoms with Gasteiger partial charge in [0, 0.05) is 17.8 Å². The molecule has 0 bridgehead atoms. The van der Waals surface area contributed by atoms with Gasteiger partial charge in [0.05, 0.1) is 18.2 Å². The number of benzene rings is 1. The molecule has 3 rings (SSSR count). The Morgan fingerprint density at radius 1 is 1.42 bits per heavy atom. The number of fused-ring (bicyclic) bond motifs is 1. The van der Waals surface area contributed by atoms with Gasteiger partial charge in [-0.05, 0) is 31.9 Å². The lowest BCUT2D eigenvalue weighted by Gasteiger charge is -2.39. The van der Waals surface area contributed by atoms with Crippen LogP contribution in [0.1, 0.15) is 30.5 Å². The standard InChI is InChI=1S/C17H20N4O3/c1-10-7-16(24-20-10)19-15(22)9-21-11(2)8-13(17(18)23)12-5-3-4-6-14(12)21/h3-7,11,13H,8-9H2,1-2H3,(H2,18,23)(H,19,22)/t11-,13+/m0/s1. The van der Waals surface area contributed by atoms with E-state index >= 15 is 0 Å². The molecule has 0 radical (unpaired) electrons. The zero-order chi connectivity index (χ0) is 17.3. The molecular formula is C17H20N4O3. The molecule has 24 heavy (non-hydrogen) atoms. The predicted octanol–water partition coefficient (Wildman–Crippen LogP) is 1.79. The molecule has 7 heteroatoms. The Morgan fingerprint density at radius 2 is 2.17 bits per heavy atom. The van der Waals surface area contributed by atoms with Gasteiger partial charge in [-0.2, -0.15) is 0 Å². The monoisotopic (exact) mass is 328 g/mol. The second kappa shape index (κ2) is 6.35. The van der Waals surface area contributed by atoms with E-state index in [2.05, 4.69) is 10.5 Å². The quantitative estimate of drug-likeness (QED) is 0.891. The number of anilines is 2. The first-order valence-electron chi connectivity index (χ1n) is 7.83. The molecule has 0 unspecified atom stereocenters. The second-order valence-electron chi connectivity index (χ2n) is 6.11. The normalized spacial score (nSPS) is 19.7. The van der Waals surface area contributed by atoms with Gasteiger partial charge in [-0.3, -0.25) is 14.9 Å². The van der Waals surface area contributed by atoms with Crippen molar-refractivity contribution in [3.63, 3.8) is 0 Å². The number of hydrogen-bond acceptors (Lipinski definition) is 5. The Labute approximate surface area is 139 Å². The third-order valence-electron chi connectivity index (χ3n) is 4.28. The number of primary amides is 1. The molecule has 0 saturated heterocycles. The molecule has 0 aliphatic carbocycles. The Kier molecular flexibility index (Phi) is 4.24. The van der Waals surface area contributed by atoms with E-state index < -0.39 is 0 Å². The minimum atomic E-state index is -0.337. The number of carbonyl (C=O) groups is 2. The highest BCUT2D eigenvalue weighted by Crippen LogP contribution is 2.37. The summed E-state index contributed by atoms with van der Waals surface area (Å²) in [6.45, 7) is 3.92. The highest BCUT2D eigenvalue weighted by Gasteiger charge is 2.33. The van der Waals surface area contributed by atoms with Gasteiger partial charge in [-0.25, -0.2) is 0 Å². The SMILES string of the molecule is Cc1cc(NC(=O)CN2c3ccccc3[C@H](C(N)=O)C[C@@H]2C)on1. The molecule has 126 valence electrons. The largest absolute Gasteiger partial charge is 0.369 e. The van der Waals surface area contributed by atoms with Crippen LogP contribution in [0.4, 0.5) is 11.6 Å². The molecule has 1 aliphatic heterocycles. The maximum absolute atomic E-state index is 12.3. The maximum atomic E-state index is 12.3. The minimum absolute atomic E-state index is 0.0135. The van der Waals surface area contributed by atoms with Crippen molar-refractivity contribution in [2.45, 2.75) is 32.2 Å². The number of nitrogens with zero attached hydrogens (tertiary/aromatic N) is 2. The Morgan fingerprint density at radius 3 is 2.83 bits per heavy atom. The summed E-state index contributed by atoms with van der Waals surface area (Å²) in [6.07, 6.45) is 0.584. The fourth-order valence-electron chi connectivity index (χ4n) is 3.14. The topological polar surface area (TPSA) is 101 Å². The van der Waals surface area contributed by atoms with Crippen molar-refractivity contribution in [2.24, 2.45) is 5.73 Å². The molecule has 2 heterocycles. The van der Waals surface area contributed by atoms with Gasteiger partial charge in [0.1, 0.15) is 0 Å². The van der Waals surface area contributed by atoms with Crippen molar-refractivity contribution in [3.05, 3.63) is 41.6 Å². The Hall–Kier alpha value is -2.83. The zero-order valence-corrected chi connectivity index (χ0v) is 13.7. The van der Waals surface area contributed by atoms with Crippen LogP contribution in [0.5, 0.6) is 0 Å². The highest BCUT2D eigenvalue weighted by atomic mass is 16.5. The van der Waals surface area contributed by atoms with Crippen molar-refractivity contribution in [1.29, 1.82) is 0 Å². The third kappa shape index (κ3) is 3.10. The van der Waals surface area contributed by atoms with E-state index in [9.17, 15) is 9.59 Å². The van der Waals surface area contributed by atoms with Crippen molar-refractivity contribution < 1.29 is 14.1 Å². The molecule has 1 aromatic heterocycles. The average Bonchev–Trinajstić information content (AvgIpc) is 2.94. The fraction of sp³-hybridized carbons (Fsp3) is 0.353. The van der Waals surface area contributed by atoms with Crippen LogP contribution in [0.15, 0.2) is 34.9 Å². The molecule has 2 amide bonds. The summed E-state index contributed by atoms with van der Waals surface area (Å²) < 4.78 is 5.01. The van der Waals surface area contributed by atoms with Crippen molar-refractivity contribution >= 4 is 23.4 Å². The van der Waals surface area contributed by atoms with E-state index in [4.69, 9.17) is 10.3 Å². The Balaban J connectivity index is 1.80. The molecule has 0 fully saturated rings. The van der Waals surface area contributed by atoms with Crippen LogP contribution < -0.4 is 16.0 Å². The lowest BCUT2D eigenvalue weighted by molar-refractivity contribution is -0.119. The van der Waals surface area contributed by atoms with Crippen LogP contribution in [0.2, 0.25) is 0 Å². The maximum Gasteiger partial charge on any atom is 0.246 e. The van der Waals surface area contributed by atoms with E-state index in [1.807, 2.05) is 36.1 Å². The lowest BCUT2D eigenvalue weighted by Crippen LogP contribution is -2.45. The number of nitrogens with one attached hydrogen (secondary N) is 1. The number of para-hydroxylation sites is 1. The summed E-state index contributed by atoms with van der Waals surface area (Å²) in [5, 5.41) is 6.44. The number of hydrogen-bond donors (Lipinski definition) is 2. The van der Waals surface area contributed by atoms with Gasteiger partial charge >= 0.3 is 0 Å². The summed E-state index contributed by atoms with van der Waals surface area (Å²) in [5.74, 6) is -0.543. The molecule has 3 N–H and O–H groups in total. The van der Waals surface area contributed by atoms with Crippen LogP contribution in [0.3, 0.4) is 0 Å². The van der Waals surface area contributed by atoms with Crippen molar-refractivity contribution in [1.82, 2.24) is 5.16 Å². The van der Waals surface area contributed by atoms with Gasteiger partial charge in [-0.15, -0.1) is 0 Å². The molecule has 1 aromatic carbocycles. The van der Waals surface area contributed by atoms with Gasteiger partial charge < -0.3 is 15.2 Å². The summed E-state index contributed by atoms with van der Waals surface area (Å²) in [4.78, 5) is 26.0. The molecule has 2 aromatic rings. The van der Waals surface area contributed by atoms with Gasteiger partial charge in [-0.1, -0.05) is 23.4 Å². The third-order valence-corrected chi connectivity index (χ3v) is 4.28. The Bertz CT molecular complexity index is 771. The first-order chi connectivity index (χ1) is 11.5.